The van der Waals surface area contributed by atoms with E-state index in [9.17, 15) is 26.9 Å². The highest BCUT2D eigenvalue weighted by Crippen LogP contribution is 2.24. The number of nitro groups is 1. The van der Waals surface area contributed by atoms with E-state index in [2.05, 4.69) is 9.44 Å². The van der Waals surface area contributed by atoms with E-state index < -0.39 is 25.0 Å². The molecule has 0 heterocycles. The van der Waals surface area contributed by atoms with Gasteiger partial charge in [-0.25, -0.2) is 21.6 Å². The number of anilines is 1. The van der Waals surface area contributed by atoms with Gasteiger partial charge in [-0.3, -0.25) is 14.8 Å². The second kappa shape index (κ2) is 6.67. The molecule has 2 aromatic rings. The largest absolute Gasteiger partial charge is 0.280 e. The molecule has 0 atom stereocenters. The zero-order valence-electron chi connectivity index (χ0n) is 13.3. The van der Waals surface area contributed by atoms with Crippen molar-refractivity contribution in [1.29, 1.82) is 0 Å². The highest BCUT2D eigenvalue weighted by atomic mass is 32.2. The van der Waals surface area contributed by atoms with Crippen LogP contribution in [0.1, 0.15) is 12.8 Å². The standard InChI is InChI=1S/C15H15N3O6S2/c19-18(20)13-5-9-15(10-6-13)26(23,24)17-12-3-7-14(8-4-12)25(21,22)16-11-1-2-11/h3-11,16-17H,1-2H2. The average molecular weight is 397 g/mol. The maximum atomic E-state index is 12.3. The van der Waals surface area contributed by atoms with Crippen LogP contribution in [0.5, 0.6) is 0 Å². The number of hydrogen-bond donors (Lipinski definition) is 2. The van der Waals surface area contributed by atoms with E-state index in [1.165, 1.54) is 24.3 Å². The molecule has 9 nitrogen and oxygen atoms in total. The van der Waals surface area contributed by atoms with Crippen molar-refractivity contribution in [2.45, 2.75) is 28.7 Å². The van der Waals surface area contributed by atoms with E-state index in [4.69, 9.17) is 0 Å². The fourth-order valence-corrected chi connectivity index (χ4v) is 4.52. The van der Waals surface area contributed by atoms with Crippen LogP contribution in [-0.2, 0) is 20.0 Å². The van der Waals surface area contributed by atoms with E-state index in [-0.39, 0.29) is 27.2 Å². The summed E-state index contributed by atoms with van der Waals surface area (Å²) in [5.41, 5.74) is -0.0459. The first-order valence-corrected chi connectivity index (χ1v) is 10.5. The number of non-ortho nitro benzene ring substituents is 1. The van der Waals surface area contributed by atoms with Crippen LogP contribution in [0, 0.1) is 10.1 Å². The molecule has 1 fully saturated rings. The predicted octanol–water partition coefficient (Wildman–Crippen LogP) is 1.84. The van der Waals surface area contributed by atoms with E-state index in [0.717, 1.165) is 37.1 Å². The van der Waals surface area contributed by atoms with Crippen LogP contribution in [0.2, 0.25) is 0 Å². The van der Waals surface area contributed by atoms with E-state index in [1.54, 1.807) is 0 Å². The zero-order chi connectivity index (χ0) is 18.9. The second-order valence-electron chi connectivity index (χ2n) is 5.78. The van der Waals surface area contributed by atoms with Gasteiger partial charge in [-0.05, 0) is 49.2 Å². The zero-order valence-corrected chi connectivity index (χ0v) is 15.0. The van der Waals surface area contributed by atoms with Gasteiger partial charge in [0.2, 0.25) is 10.0 Å². The normalized spacial score (nSPS) is 14.8. The smallest absolute Gasteiger partial charge is 0.269 e. The lowest BCUT2D eigenvalue weighted by molar-refractivity contribution is -0.384. The van der Waals surface area contributed by atoms with Gasteiger partial charge in [-0.15, -0.1) is 0 Å². The highest BCUT2D eigenvalue weighted by molar-refractivity contribution is 7.92. The van der Waals surface area contributed by atoms with Crippen molar-refractivity contribution in [1.82, 2.24) is 4.72 Å². The van der Waals surface area contributed by atoms with Crippen molar-refractivity contribution in [3.05, 3.63) is 58.6 Å². The molecule has 2 aromatic carbocycles. The lowest BCUT2D eigenvalue weighted by atomic mass is 10.3. The molecule has 0 amide bonds. The van der Waals surface area contributed by atoms with Gasteiger partial charge in [-0.1, -0.05) is 0 Å². The lowest BCUT2D eigenvalue weighted by Gasteiger charge is -2.09. The first-order valence-electron chi connectivity index (χ1n) is 7.57. The third kappa shape index (κ3) is 4.18. The number of hydrogen-bond acceptors (Lipinski definition) is 6. The Hall–Kier alpha value is -2.50. The molecule has 26 heavy (non-hydrogen) atoms. The number of nitro benzene ring substituents is 1. The molecule has 0 bridgehead atoms. The molecule has 0 saturated heterocycles. The molecule has 11 heteroatoms. The van der Waals surface area contributed by atoms with Crippen molar-refractivity contribution in [2.75, 3.05) is 4.72 Å². The van der Waals surface area contributed by atoms with Gasteiger partial charge < -0.3 is 0 Å². The minimum absolute atomic E-state index is 0.0275. The Bertz CT molecular complexity index is 1030. The first-order chi connectivity index (χ1) is 12.2. The summed E-state index contributed by atoms with van der Waals surface area (Å²) >= 11 is 0. The Morgan fingerprint density at radius 1 is 0.846 bits per heavy atom. The van der Waals surface area contributed by atoms with Gasteiger partial charge in [0.1, 0.15) is 0 Å². The van der Waals surface area contributed by atoms with Crippen molar-refractivity contribution in [2.24, 2.45) is 0 Å². The minimum atomic E-state index is -3.95. The van der Waals surface area contributed by atoms with Gasteiger partial charge in [0, 0.05) is 23.9 Å². The Morgan fingerprint density at radius 2 is 1.35 bits per heavy atom. The minimum Gasteiger partial charge on any atom is -0.280 e. The van der Waals surface area contributed by atoms with E-state index >= 15 is 0 Å². The molecule has 0 spiro atoms. The van der Waals surface area contributed by atoms with Gasteiger partial charge >= 0.3 is 0 Å². The van der Waals surface area contributed by atoms with Crippen molar-refractivity contribution >= 4 is 31.4 Å². The van der Waals surface area contributed by atoms with Crippen LogP contribution in [-0.4, -0.2) is 27.8 Å². The molecule has 2 N–H and O–H groups in total. The van der Waals surface area contributed by atoms with Crippen LogP contribution in [0.3, 0.4) is 0 Å². The summed E-state index contributed by atoms with van der Waals surface area (Å²) in [6.07, 6.45) is 1.62. The van der Waals surface area contributed by atoms with Crippen LogP contribution in [0.25, 0.3) is 0 Å². The summed E-state index contributed by atoms with van der Waals surface area (Å²) in [5.74, 6) is 0. The summed E-state index contributed by atoms with van der Waals surface area (Å²) in [6.45, 7) is 0. The number of nitrogens with one attached hydrogen (secondary N) is 2. The van der Waals surface area contributed by atoms with Crippen LogP contribution in [0.4, 0.5) is 11.4 Å². The Labute approximate surface area is 150 Å². The maximum absolute atomic E-state index is 12.3. The third-order valence-electron chi connectivity index (χ3n) is 3.67. The summed E-state index contributed by atoms with van der Waals surface area (Å²) in [4.78, 5) is 9.90. The molecule has 138 valence electrons. The van der Waals surface area contributed by atoms with E-state index in [1.807, 2.05) is 0 Å². The molecule has 1 aliphatic carbocycles. The van der Waals surface area contributed by atoms with Crippen LogP contribution >= 0.6 is 0 Å². The van der Waals surface area contributed by atoms with Gasteiger partial charge in [0.25, 0.3) is 15.7 Å². The maximum Gasteiger partial charge on any atom is 0.269 e. The molecular weight excluding hydrogens is 382 g/mol. The first kappa shape index (κ1) is 18.3. The topological polar surface area (TPSA) is 135 Å². The third-order valence-corrected chi connectivity index (χ3v) is 6.61. The molecule has 1 saturated carbocycles. The molecular formula is C15H15N3O6S2. The lowest BCUT2D eigenvalue weighted by Crippen LogP contribution is -2.25. The van der Waals surface area contributed by atoms with Gasteiger partial charge in [0.15, 0.2) is 0 Å². The molecule has 3 rings (SSSR count). The van der Waals surface area contributed by atoms with Gasteiger partial charge in [0.05, 0.1) is 14.7 Å². The quantitative estimate of drug-likeness (QED) is 0.540. The Morgan fingerprint density at radius 3 is 1.85 bits per heavy atom. The SMILES string of the molecule is O=[N+]([O-])c1ccc(S(=O)(=O)Nc2ccc(S(=O)(=O)NC3CC3)cc2)cc1. The summed E-state index contributed by atoms with van der Waals surface area (Å²) in [5, 5.41) is 10.6. The van der Waals surface area contributed by atoms with Crippen molar-refractivity contribution in [3.63, 3.8) is 0 Å². The fraction of sp³-hybridized carbons (Fsp3) is 0.200. The molecule has 0 unspecified atom stereocenters. The predicted molar refractivity (Wildman–Crippen MR) is 93.7 cm³/mol. The number of nitrogens with zero attached hydrogens (tertiary/aromatic N) is 1. The van der Waals surface area contributed by atoms with Crippen molar-refractivity contribution < 1.29 is 21.8 Å². The molecule has 0 aliphatic heterocycles. The fourth-order valence-electron chi connectivity index (χ4n) is 2.15. The van der Waals surface area contributed by atoms with Crippen LogP contribution < -0.4 is 9.44 Å². The average Bonchev–Trinajstić information content (AvgIpc) is 3.38. The van der Waals surface area contributed by atoms with Crippen LogP contribution in [0.15, 0.2) is 58.3 Å². The van der Waals surface area contributed by atoms with Gasteiger partial charge in [-0.2, -0.15) is 0 Å². The Balaban J connectivity index is 1.76. The molecule has 0 radical (unpaired) electrons. The van der Waals surface area contributed by atoms with Crippen molar-refractivity contribution in [3.8, 4) is 0 Å². The molecule has 1 aliphatic rings. The number of benzene rings is 2. The monoisotopic (exact) mass is 397 g/mol. The second-order valence-corrected chi connectivity index (χ2v) is 9.17. The summed E-state index contributed by atoms with van der Waals surface area (Å²) in [6, 6.07) is 9.69. The number of rotatable bonds is 7. The summed E-state index contributed by atoms with van der Waals surface area (Å²) < 4.78 is 53.6. The number of sulfonamides is 2. The van der Waals surface area contributed by atoms with E-state index in [0.29, 0.717) is 0 Å². The summed E-state index contributed by atoms with van der Waals surface area (Å²) in [7, 11) is -7.56. The highest BCUT2D eigenvalue weighted by Gasteiger charge is 2.28. The Kier molecular flexibility index (Phi) is 4.69. The molecule has 0 aromatic heterocycles.